The van der Waals surface area contributed by atoms with Crippen molar-refractivity contribution >= 4 is 12.2 Å². The Morgan fingerprint density at radius 2 is 2.58 bits per heavy atom. The Bertz CT molecular complexity index is 325. The summed E-state index contributed by atoms with van der Waals surface area (Å²) in [4.78, 5) is 0. The zero-order valence-electron chi connectivity index (χ0n) is 6.49. The molecule has 2 rings (SSSR count). The number of nitrogen functional groups attached to an aromatic ring is 1. The molecule has 0 aliphatic carbocycles. The fourth-order valence-corrected chi connectivity index (χ4v) is 1.48. The van der Waals surface area contributed by atoms with E-state index in [1.54, 1.807) is 0 Å². The summed E-state index contributed by atoms with van der Waals surface area (Å²) in [5.74, 6) is 6.73. The number of nitrogens with one attached hydrogen (secondary N) is 1. The second-order valence-corrected chi connectivity index (χ2v) is 3.20. The van der Waals surface area contributed by atoms with E-state index < -0.39 is 0 Å². The molecule has 12 heavy (non-hydrogen) atoms. The average molecular weight is 186 g/mol. The Labute approximate surface area is 74.5 Å². The van der Waals surface area contributed by atoms with Crippen molar-refractivity contribution in [2.45, 2.75) is 12.3 Å². The molecule has 5 nitrogen and oxygen atoms in total. The molecule has 0 saturated carbocycles. The lowest BCUT2D eigenvalue weighted by Gasteiger charge is -2.04. The Hall–Kier alpha value is -0.880. The smallest absolute Gasteiger partial charge is 0.214 e. The van der Waals surface area contributed by atoms with E-state index in [2.05, 4.69) is 10.2 Å². The van der Waals surface area contributed by atoms with Crippen molar-refractivity contribution in [2.24, 2.45) is 0 Å². The minimum atomic E-state index is 0.294. The first-order valence-corrected chi connectivity index (χ1v) is 4.20. The van der Waals surface area contributed by atoms with Crippen LogP contribution in [-0.2, 0) is 4.74 Å². The van der Waals surface area contributed by atoms with E-state index in [0.29, 0.717) is 17.3 Å². The summed E-state index contributed by atoms with van der Waals surface area (Å²) in [7, 11) is 0. The van der Waals surface area contributed by atoms with E-state index >= 15 is 0 Å². The quantitative estimate of drug-likeness (QED) is 0.484. The molecule has 6 heteroatoms. The summed E-state index contributed by atoms with van der Waals surface area (Å²) in [5.41, 5.74) is 0. The number of rotatable bonds is 1. The van der Waals surface area contributed by atoms with Crippen LogP contribution in [0.25, 0.3) is 0 Å². The lowest BCUT2D eigenvalue weighted by molar-refractivity contribution is 0.193. The van der Waals surface area contributed by atoms with Gasteiger partial charge in [-0.25, -0.2) is 4.68 Å². The van der Waals surface area contributed by atoms with Gasteiger partial charge in [0.1, 0.15) is 0 Å². The lowest BCUT2D eigenvalue weighted by atomic mass is 10.1. The number of H-pyrrole nitrogens is 1. The third kappa shape index (κ3) is 1.12. The van der Waals surface area contributed by atoms with Gasteiger partial charge in [-0.1, -0.05) is 0 Å². The van der Waals surface area contributed by atoms with Crippen molar-refractivity contribution in [3.63, 3.8) is 0 Å². The van der Waals surface area contributed by atoms with Crippen molar-refractivity contribution in [3.8, 4) is 0 Å². The van der Waals surface area contributed by atoms with Gasteiger partial charge in [0.15, 0.2) is 5.82 Å². The number of ether oxygens (including phenoxy) is 1. The average Bonchev–Trinajstić information content (AvgIpc) is 2.64. The zero-order chi connectivity index (χ0) is 8.55. The molecular formula is C6H10N4OS. The van der Waals surface area contributed by atoms with Crippen LogP contribution in [0.3, 0.4) is 0 Å². The molecule has 0 unspecified atom stereocenters. The van der Waals surface area contributed by atoms with Crippen LogP contribution in [0.1, 0.15) is 18.2 Å². The maximum Gasteiger partial charge on any atom is 0.214 e. The van der Waals surface area contributed by atoms with Gasteiger partial charge >= 0.3 is 0 Å². The van der Waals surface area contributed by atoms with Gasteiger partial charge in [0.2, 0.25) is 4.77 Å². The third-order valence-corrected chi connectivity index (χ3v) is 2.31. The summed E-state index contributed by atoms with van der Waals surface area (Å²) < 4.78 is 7.09. The zero-order valence-corrected chi connectivity index (χ0v) is 7.30. The summed E-state index contributed by atoms with van der Waals surface area (Å²) in [6.07, 6.45) is 0.969. The van der Waals surface area contributed by atoms with Crippen molar-refractivity contribution in [3.05, 3.63) is 10.6 Å². The van der Waals surface area contributed by atoms with Gasteiger partial charge < -0.3 is 10.6 Å². The van der Waals surface area contributed by atoms with Crippen LogP contribution in [-0.4, -0.2) is 28.1 Å². The molecule has 0 spiro atoms. The number of nitrogens with two attached hydrogens (primary N) is 1. The molecule has 0 radical (unpaired) electrons. The standard InChI is InChI=1S/C6H10N4OS/c7-10-5(8-9-6(10)12)4-1-2-11-3-4/h4H,1-3,7H2,(H,9,12)/t4-/m1/s1. The molecule has 1 saturated heterocycles. The molecule has 1 aliphatic rings. The van der Waals surface area contributed by atoms with Crippen LogP contribution in [0.2, 0.25) is 0 Å². The van der Waals surface area contributed by atoms with Crippen LogP contribution in [0.4, 0.5) is 0 Å². The van der Waals surface area contributed by atoms with E-state index in [9.17, 15) is 0 Å². The predicted molar refractivity (Wildman–Crippen MR) is 45.7 cm³/mol. The molecule has 0 aromatic carbocycles. The molecular weight excluding hydrogens is 176 g/mol. The van der Waals surface area contributed by atoms with E-state index in [4.69, 9.17) is 22.8 Å². The Morgan fingerprint density at radius 3 is 3.08 bits per heavy atom. The number of aromatic amines is 1. The highest BCUT2D eigenvalue weighted by Crippen LogP contribution is 2.21. The molecule has 1 aromatic rings. The summed E-state index contributed by atoms with van der Waals surface area (Å²) in [5, 5.41) is 6.69. The van der Waals surface area contributed by atoms with Gasteiger partial charge in [-0.2, -0.15) is 5.10 Å². The highest BCUT2D eigenvalue weighted by Gasteiger charge is 2.22. The topological polar surface area (TPSA) is 68.9 Å². The number of hydrogen-bond donors (Lipinski definition) is 2. The Morgan fingerprint density at radius 1 is 1.75 bits per heavy atom. The Kier molecular flexibility index (Phi) is 1.86. The van der Waals surface area contributed by atoms with E-state index in [0.717, 1.165) is 18.9 Å². The van der Waals surface area contributed by atoms with E-state index in [1.165, 1.54) is 4.68 Å². The summed E-state index contributed by atoms with van der Waals surface area (Å²) in [6.45, 7) is 1.47. The molecule has 1 aliphatic heterocycles. The largest absolute Gasteiger partial charge is 0.381 e. The lowest BCUT2D eigenvalue weighted by Crippen LogP contribution is -2.16. The van der Waals surface area contributed by atoms with Crippen LogP contribution in [0.5, 0.6) is 0 Å². The number of aromatic nitrogens is 3. The molecule has 66 valence electrons. The molecule has 0 bridgehead atoms. The first-order chi connectivity index (χ1) is 5.79. The van der Waals surface area contributed by atoms with E-state index in [1.807, 2.05) is 0 Å². The highest BCUT2D eigenvalue weighted by molar-refractivity contribution is 7.71. The predicted octanol–water partition coefficient (Wildman–Crippen LogP) is 0.158. The van der Waals surface area contributed by atoms with E-state index in [-0.39, 0.29) is 0 Å². The van der Waals surface area contributed by atoms with Crippen molar-refractivity contribution in [1.29, 1.82) is 0 Å². The first kappa shape index (κ1) is 7.75. The second kappa shape index (κ2) is 2.87. The summed E-state index contributed by atoms with van der Waals surface area (Å²) >= 11 is 4.89. The SMILES string of the molecule is Nn1c([C@@H]2CCOC2)n[nH]c1=S. The Balaban J connectivity index is 2.32. The molecule has 1 atom stereocenters. The van der Waals surface area contributed by atoms with Gasteiger partial charge in [0, 0.05) is 12.5 Å². The van der Waals surface area contributed by atoms with Gasteiger partial charge in [-0.3, -0.25) is 5.10 Å². The van der Waals surface area contributed by atoms with Gasteiger partial charge in [-0.05, 0) is 18.6 Å². The maximum absolute atomic E-state index is 5.65. The first-order valence-electron chi connectivity index (χ1n) is 3.79. The number of nitrogens with zero attached hydrogens (tertiary/aromatic N) is 2. The van der Waals surface area contributed by atoms with Gasteiger partial charge in [0.05, 0.1) is 6.61 Å². The van der Waals surface area contributed by atoms with Gasteiger partial charge in [-0.15, -0.1) is 0 Å². The van der Waals surface area contributed by atoms with Crippen LogP contribution in [0.15, 0.2) is 0 Å². The second-order valence-electron chi connectivity index (χ2n) is 2.82. The van der Waals surface area contributed by atoms with Crippen molar-refractivity contribution < 1.29 is 4.74 Å². The fraction of sp³-hybridized carbons (Fsp3) is 0.667. The van der Waals surface area contributed by atoms with Gasteiger partial charge in [0.25, 0.3) is 0 Å². The minimum absolute atomic E-state index is 0.294. The molecule has 1 fully saturated rings. The third-order valence-electron chi connectivity index (χ3n) is 2.03. The fourth-order valence-electron chi connectivity index (χ4n) is 1.34. The van der Waals surface area contributed by atoms with Crippen LogP contribution < -0.4 is 5.84 Å². The highest BCUT2D eigenvalue weighted by atomic mass is 32.1. The number of hydrogen-bond acceptors (Lipinski definition) is 4. The minimum Gasteiger partial charge on any atom is -0.381 e. The molecule has 0 amide bonds. The normalized spacial score (nSPS) is 23.2. The molecule has 1 aromatic heterocycles. The monoisotopic (exact) mass is 186 g/mol. The van der Waals surface area contributed by atoms with Crippen LogP contribution in [0, 0.1) is 4.77 Å². The molecule has 2 heterocycles. The van der Waals surface area contributed by atoms with Crippen LogP contribution >= 0.6 is 12.2 Å². The van der Waals surface area contributed by atoms with Crippen molar-refractivity contribution in [1.82, 2.24) is 14.9 Å². The molecule has 3 N–H and O–H groups in total. The summed E-state index contributed by atoms with van der Waals surface area (Å²) in [6, 6.07) is 0. The maximum atomic E-state index is 5.65. The van der Waals surface area contributed by atoms with Crippen molar-refractivity contribution in [2.75, 3.05) is 19.1 Å².